The van der Waals surface area contributed by atoms with Gasteiger partial charge in [0, 0.05) is 19.1 Å². The fourth-order valence-corrected chi connectivity index (χ4v) is 2.21. The highest BCUT2D eigenvalue weighted by Gasteiger charge is 2.16. The zero-order valence-electron chi connectivity index (χ0n) is 9.18. The molecule has 1 aliphatic heterocycles. The topological polar surface area (TPSA) is 15.3 Å². The van der Waals surface area contributed by atoms with Crippen molar-refractivity contribution >= 4 is 0 Å². The van der Waals surface area contributed by atoms with Crippen LogP contribution in [0.2, 0.25) is 0 Å². The Bertz CT molecular complexity index is 117. The molecule has 1 unspecified atom stereocenters. The summed E-state index contributed by atoms with van der Waals surface area (Å²) in [6.45, 7) is 9.54. The zero-order chi connectivity index (χ0) is 9.52. The van der Waals surface area contributed by atoms with Crippen LogP contribution in [0.4, 0.5) is 0 Å². The van der Waals surface area contributed by atoms with Crippen LogP contribution in [-0.2, 0) is 0 Å². The number of rotatable bonds is 4. The van der Waals surface area contributed by atoms with Gasteiger partial charge in [-0.25, -0.2) is 0 Å². The van der Waals surface area contributed by atoms with Crippen molar-refractivity contribution in [2.24, 2.45) is 0 Å². The SMILES string of the molecule is CCCC(CC)N1CCCNCC1. The predicted octanol–water partition coefficient (Wildman–Crippen LogP) is 1.86. The van der Waals surface area contributed by atoms with Crippen LogP contribution in [0.1, 0.15) is 39.5 Å². The van der Waals surface area contributed by atoms with Crippen molar-refractivity contribution in [3.8, 4) is 0 Å². The van der Waals surface area contributed by atoms with Gasteiger partial charge in [-0.3, -0.25) is 4.90 Å². The van der Waals surface area contributed by atoms with Gasteiger partial charge in [0.2, 0.25) is 0 Å². The van der Waals surface area contributed by atoms with Gasteiger partial charge in [-0.1, -0.05) is 20.3 Å². The van der Waals surface area contributed by atoms with E-state index in [1.165, 1.54) is 51.9 Å². The Labute approximate surface area is 82.7 Å². The molecule has 13 heavy (non-hydrogen) atoms. The summed E-state index contributed by atoms with van der Waals surface area (Å²) in [5, 5.41) is 3.46. The van der Waals surface area contributed by atoms with Crippen LogP contribution >= 0.6 is 0 Å². The first-order valence-corrected chi connectivity index (χ1v) is 5.83. The van der Waals surface area contributed by atoms with Gasteiger partial charge in [-0.05, 0) is 32.4 Å². The molecular weight excluding hydrogens is 160 g/mol. The van der Waals surface area contributed by atoms with E-state index < -0.39 is 0 Å². The molecular formula is C11H24N2. The third-order valence-electron chi connectivity index (χ3n) is 2.98. The van der Waals surface area contributed by atoms with Crippen LogP contribution in [0.25, 0.3) is 0 Å². The Morgan fingerprint density at radius 1 is 1.23 bits per heavy atom. The Morgan fingerprint density at radius 2 is 2.08 bits per heavy atom. The molecule has 0 saturated carbocycles. The molecule has 1 saturated heterocycles. The minimum absolute atomic E-state index is 0.838. The van der Waals surface area contributed by atoms with Crippen molar-refractivity contribution in [1.29, 1.82) is 0 Å². The van der Waals surface area contributed by atoms with E-state index in [1.54, 1.807) is 0 Å². The molecule has 1 N–H and O–H groups in total. The minimum Gasteiger partial charge on any atom is -0.315 e. The van der Waals surface area contributed by atoms with Crippen molar-refractivity contribution in [2.75, 3.05) is 26.2 Å². The minimum atomic E-state index is 0.838. The maximum Gasteiger partial charge on any atom is 0.0110 e. The first kappa shape index (κ1) is 11.0. The van der Waals surface area contributed by atoms with E-state index in [-0.39, 0.29) is 0 Å². The summed E-state index contributed by atoms with van der Waals surface area (Å²) in [5.41, 5.74) is 0. The van der Waals surface area contributed by atoms with Crippen LogP contribution in [0.3, 0.4) is 0 Å². The summed E-state index contributed by atoms with van der Waals surface area (Å²) in [6, 6.07) is 0.838. The maximum atomic E-state index is 3.46. The molecule has 1 atom stereocenters. The third kappa shape index (κ3) is 3.65. The highest BCUT2D eigenvalue weighted by molar-refractivity contribution is 4.73. The highest BCUT2D eigenvalue weighted by atomic mass is 15.2. The van der Waals surface area contributed by atoms with Gasteiger partial charge in [0.25, 0.3) is 0 Å². The van der Waals surface area contributed by atoms with Crippen LogP contribution in [-0.4, -0.2) is 37.1 Å². The number of nitrogens with zero attached hydrogens (tertiary/aromatic N) is 1. The zero-order valence-corrected chi connectivity index (χ0v) is 9.18. The standard InChI is InChI=1S/C11H24N2/c1-3-6-11(4-2)13-9-5-7-12-8-10-13/h11-12H,3-10H2,1-2H3. The molecule has 0 spiro atoms. The lowest BCUT2D eigenvalue weighted by atomic mass is 10.1. The van der Waals surface area contributed by atoms with Crippen molar-refractivity contribution < 1.29 is 0 Å². The van der Waals surface area contributed by atoms with Gasteiger partial charge < -0.3 is 5.32 Å². The number of nitrogens with one attached hydrogen (secondary N) is 1. The predicted molar refractivity (Wildman–Crippen MR) is 58.0 cm³/mol. The fraction of sp³-hybridized carbons (Fsp3) is 1.00. The molecule has 0 aromatic heterocycles. The quantitative estimate of drug-likeness (QED) is 0.717. The Kier molecular flexibility index (Phi) is 5.40. The normalized spacial score (nSPS) is 22.6. The smallest absolute Gasteiger partial charge is 0.0110 e. The molecule has 78 valence electrons. The summed E-state index contributed by atoms with van der Waals surface area (Å²) in [5.74, 6) is 0. The van der Waals surface area contributed by atoms with Crippen LogP contribution in [0, 0.1) is 0 Å². The summed E-state index contributed by atoms with van der Waals surface area (Å²) in [4.78, 5) is 2.67. The average molecular weight is 184 g/mol. The van der Waals surface area contributed by atoms with Crippen molar-refractivity contribution in [1.82, 2.24) is 10.2 Å². The van der Waals surface area contributed by atoms with Gasteiger partial charge in [0.05, 0.1) is 0 Å². The van der Waals surface area contributed by atoms with Crippen molar-refractivity contribution in [3.05, 3.63) is 0 Å². The lowest BCUT2D eigenvalue weighted by Crippen LogP contribution is -2.37. The summed E-state index contributed by atoms with van der Waals surface area (Å²) >= 11 is 0. The van der Waals surface area contributed by atoms with Crippen LogP contribution < -0.4 is 5.32 Å². The second-order valence-corrected chi connectivity index (χ2v) is 3.99. The third-order valence-corrected chi connectivity index (χ3v) is 2.98. The highest BCUT2D eigenvalue weighted by Crippen LogP contribution is 2.11. The Morgan fingerprint density at radius 3 is 2.77 bits per heavy atom. The van der Waals surface area contributed by atoms with Crippen molar-refractivity contribution in [3.63, 3.8) is 0 Å². The van der Waals surface area contributed by atoms with Crippen LogP contribution in [0.15, 0.2) is 0 Å². The van der Waals surface area contributed by atoms with E-state index in [0.717, 1.165) is 6.04 Å². The molecule has 0 aliphatic carbocycles. The summed E-state index contributed by atoms with van der Waals surface area (Å²) < 4.78 is 0. The van der Waals surface area contributed by atoms with E-state index in [0.29, 0.717) is 0 Å². The van der Waals surface area contributed by atoms with Crippen LogP contribution in [0.5, 0.6) is 0 Å². The van der Waals surface area contributed by atoms with Gasteiger partial charge in [-0.2, -0.15) is 0 Å². The van der Waals surface area contributed by atoms with Gasteiger partial charge in [0.1, 0.15) is 0 Å². The Hall–Kier alpha value is -0.0800. The molecule has 0 amide bonds. The molecule has 0 aromatic carbocycles. The van der Waals surface area contributed by atoms with E-state index in [2.05, 4.69) is 24.1 Å². The molecule has 1 fully saturated rings. The fourth-order valence-electron chi connectivity index (χ4n) is 2.21. The first-order valence-electron chi connectivity index (χ1n) is 5.83. The van der Waals surface area contributed by atoms with Gasteiger partial charge >= 0.3 is 0 Å². The van der Waals surface area contributed by atoms with Gasteiger partial charge in [0.15, 0.2) is 0 Å². The number of hydrogen-bond donors (Lipinski definition) is 1. The lowest BCUT2D eigenvalue weighted by molar-refractivity contribution is 0.192. The van der Waals surface area contributed by atoms with E-state index in [9.17, 15) is 0 Å². The Balaban J connectivity index is 2.35. The molecule has 2 nitrogen and oxygen atoms in total. The molecule has 0 radical (unpaired) electrons. The monoisotopic (exact) mass is 184 g/mol. The molecule has 1 rings (SSSR count). The molecule has 2 heteroatoms. The molecule has 1 heterocycles. The first-order chi connectivity index (χ1) is 6.38. The second-order valence-electron chi connectivity index (χ2n) is 3.99. The van der Waals surface area contributed by atoms with E-state index >= 15 is 0 Å². The van der Waals surface area contributed by atoms with E-state index in [4.69, 9.17) is 0 Å². The maximum absolute atomic E-state index is 3.46. The molecule has 0 bridgehead atoms. The molecule has 1 aliphatic rings. The largest absolute Gasteiger partial charge is 0.315 e. The summed E-state index contributed by atoms with van der Waals surface area (Å²) in [6.07, 6.45) is 5.33. The second kappa shape index (κ2) is 6.39. The van der Waals surface area contributed by atoms with Crippen molar-refractivity contribution in [2.45, 2.75) is 45.6 Å². The van der Waals surface area contributed by atoms with Gasteiger partial charge in [-0.15, -0.1) is 0 Å². The number of hydrogen-bond acceptors (Lipinski definition) is 2. The summed E-state index contributed by atoms with van der Waals surface area (Å²) in [7, 11) is 0. The van der Waals surface area contributed by atoms with E-state index in [1.807, 2.05) is 0 Å². The molecule has 0 aromatic rings. The lowest BCUT2D eigenvalue weighted by Gasteiger charge is -2.29. The average Bonchev–Trinajstić information content (AvgIpc) is 2.42.